The first kappa shape index (κ1) is 20.2. The van der Waals surface area contributed by atoms with Crippen LogP contribution in [0.15, 0.2) is 34.7 Å². The zero-order chi connectivity index (χ0) is 20.0. The van der Waals surface area contributed by atoms with E-state index < -0.39 is 23.5 Å². The molecule has 0 saturated heterocycles. The van der Waals surface area contributed by atoms with Gasteiger partial charge in [0.15, 0.2) is 5.13 Å². The van der Waals surface area contributed by atoms with Crippen molar-refractivity contribution in [3.63, 3.8) is 0 Å². The van der Waals surface area contributed by atoms with Crippen LogP contribution in [-0.2, 0) is 14.4 Å². The minimum Gasteiger partial charge on any atom is -0.346 e. The second-order valence-corrected chi connectivity index (χ2v) is 6.52. The molecule has 2 N–H and O–H groups in total. The Balaban J connectivity index is 2.11. The predicted octanol–water partition coefficient (Wildman–Crippen LogP) is 1.94. The normalized spacial score (nSPS) is 10.9. The third kappa shape index (κ3) is 5.42. The number of hydrogen-bond acceptors (Lipinski definition) is 6. The van der Waals surface area contributed by atoms with E-state index in [0.717, 1.165) is 16.2 Å². The van der Waals surface area contributed by atoms with Crippen LogP contribution >= 0.6 is 11.3 Å². The lowest BCUT2D eigenvalue weighted by atomic mass is 10.3. The fraction of sp³-hybridized carbons (Fsp3) is 0.235. The number of anilines is 2. The van der Waals surface area contributed by atoms with Crippen molar-refractivity contribution in [1.29, 1.82) is 0 Å². The Labute approximate surface area is 159 Å². The fourth-order valence-electron chi connectivity index (χ4n) is 2.01. The first-order valence-electron chi connectivity index (χ1n) is 7.94. The Morgan fingerprint density at radius 2 is 1.96 bits per heavy atom. The van der Waals surface area contributed by atoms with Crippen LogP contribution in [0.5, 0.6) is 0 Å². The van der Waals surface area contributed by atoms with Crippen LogP contribution in [0.2, 0.25) is 0 Å². The molecule has 0 unspecified atom stereocenters. The number of rotatable bonds is 5. The number of thiazole rings is 1. The molecule has 0 atom stereocenters. The zero-order valence-electron chi connectivity index (χ0n) is 14.9. The van der Waals surface area contributed by atoms with Crippen LogP contribution in [0.1, 0.15) is 26.5 Å². The van der Waals surface area contributed by atoms with Gasteiger partial charge in [-0.05, 0) is 26.0 Å². The molecular formula is C17H18FN5O3S. The van der Waals surface area contributed by atoms with E-state index in [0.29, 0.717) is 5.69 Å². The van der Waals surface area contributed by atoms with Crippen LogP contribution in [-0.4, -0.2) is 35.0 Å². The van der Waals surface area contributed by atoms with Crippen molar-refractivity contribution in [2.45, 2.75) is 26.8 Å². The van der Waals surface area contributed by atoms with Crippen LogP contribution in [0.25, 0.3) is 0 Å². The molecule has 2 aromatic rings. The van der Waals surface area contributed by atoms with Crippen molar-refractivity contribution in [1.82, 2.24) is 15.7 Å². The van der Waals surface area contributed by atoms with Crippen LogP contribution in [0, 0.1) is 5.82 Å². The highest BCUT2D eigenvalue weighted by molar-refractivity contribution is 7.14. The summed E-state index contributed by atoms with van der Waals surface area (Å²) in [5.41, 5.74) is 2.50. The molecule has 0 aliphatic carbocycles. The van der Waals surface area contributed by atoms with Crippen molar-refractivity contribution in [3.8, 4) is 0 Å². The maximum absolute atomic E-state index is 14.0. The Hall–Kier alpha value is -3.14. The molecule has 27 heavy (non-hydrogen) atoms. The van der Waals surface area contributed by atoms with Gasteiger partial charge in [-0.1, -0.05) is 12.1 Å². The second-order valence-electron chi connectivity index (χ2n) is 5.69. The fourth-order valence-corrected chi connectivity index (χ4v) is 2.84. The number of hydrogen-bond donors (Lipinski definition) is 2. The average molecular weight is 391 g/mol. The highest BCUT2D eigenvalue weighted by Gasteiger charge is 2.20. The first-order valence-corrected chi connectivity index (χ1v) is 8.82. The molecule has 0 aliphatic rings. The number of hydrazone groups is 1. The van der Waals surface area contributed by atoms with E-state index in [9.17, 15) is 18.8 Å². The highest BCUT2D eigenvalue weighted by Crippen LogP contribution is 2.30. The number of aromatic nitrogens is 1. The molecule has 1 aromatic carbocycles. The van der Waals surface area contributed by atoms with Gasteiger partial charge in [0.25, 0.3) is 0 Å². The molecule has 0 bridgehead atoms. The van der Waals surface area contributed by atoms with E-state index >= 15 is 0 Å². The molecule has 1 aromatic heterocycles. The van der Waals surface area contributed by atoms with E-state index in [2.05, 4.69) is 20.8 Å². The number of carbonyl (C=O) groups excluding carboxylic acids is 3. The van der Waals surface area contributed by atoms with E-state index in [1.807, 2.05) is 0 Å². The van der Waals surface area contributed by atoms with Crippen LogP contribution in [0.3, 0.4) is 0 Å². The largest absolute Gasteiger partial charge is 0.346 e. The standard InChI is InChI=1S/C17H18FN5O3S/c1-10(2)20-15(25)16(26)22-19-8-12-9-27-17(21-12)23(11(3)24)14-7-5-4-6-13(14)18/h4-10H,1-3H3,(H,20,25)(H,22,26)/b19-8-. The Kier molecular flexibility index (Phi) is 6.72. The molecule has 0 aliphatic heterocycles. The SMILES string of the molecule is CC(=O)N(c1nc(/C=N\NC(=O)C(=O)NC(C)C)cs1)c1ccccc1F. The molecule has 0 radical (unpaired) electrons. The third-order valence-corrected chi connectivity index (χ3v) is 3.94. The van der Waals surface area contributed by atoms with Gasteiger partial charge in [0.2, 0.25) is 5.91 Å². The van der Waals surface area contributed by atoms with Gasteiger partial charge in [-0.15, -0.1) is 11.3 Å². The quantitative estimate of drug-likeness (QED) is 0.462. The van der Waals surface area contributed by atoms with Crippen molar-refractivity contribution in [3.05, 3.63) is 41.2 Å². The van der Waals surface area contributed by atoms with Crippen LogP contribution < -0.4 is 15.6 Å². The summed E-state index contributed by atoms with van der Waals surface area (Å²) in [5, 5.41) is 7.91. The number of para-hydroxylation sites is 1. The third-order valence-electron chi connectivity index (χ3n) is 3.10. The van der Waals surface area contributed by atoms with Gasteiger partial charge in [0.05, 0.1) is 17.6 Å². The van der Waals surface area contributed by atoms with E-state index in [4.69, 9.17) is 0 Å². The topological polar surface area (TPSA) is 104 Å². The minimum absolute atomic E-state index is 0.0847. The number of amides is 3. The highest BCUT2D eigenvalue weighted by atomic mass is 32.1. The summed E-state index contributed by atoms with van der Waals surface area (Å²) >= 11 is 1.11. The zero-order valence-corrected chi connectivity index (χ0v) is 15.7. The molecule has 1 heterocycles. The molecule has 2 rings (SSSR count). The average Bonchev–Trinajstić information content (AvgIpc) is 3.04. The summed E-state index contributed by atoms with van der Waals surface area (Å²) in [5.74, 6) is -2.67. The summed E-state index contributed by atoms with van der Waals surface area (Å²) in [6.45, 7) is 4.75. The van der Waals surface area contributed by atoms with E-state index in [-0.39, 0.29) is 16.9 Å². The molecule has 142 valence electrons. The summed E-state index contributed by atoms with van der Waals surface area (Å²) in [4.78, 5) is 40.3. The van der Waals surface area contributed by atoms with E-state index in [1.54, 1.807) is 25.3 Å². The molecular weight excluding hydrogens is 373 g/mol. The van der Waals surface area contributed by atoms with Gasteiger partial charge in [0, 0.05) is 18.3 Å². The summed E-state index contributed by atoms with van der Waals surface area (Å²) in [6.07, 6.45) is 1.22. The molecule has 0 fully saturated rings. The Bertz CT molecular complexity index is 881. The van der Waals surface area contributed by atoms with Crippen molar-refractivity contribution in [2.75, 3.05) is 4.90 Å². The summed E-state index contributed by atoms with van der Waals surface area (Å²) in [6, 6.07) is 5.68. The van der Waals surface area contributed by atoms with Gasteiger partial charge in [-0.3, -0.25) is 19.3 Å². The van der Waals surface area contributed by atoms with E-state index in [1.165, 1.54) is 31.3 Å². The predicted molar refractivity (Wildman–Crippen MR) is 100 cm³/mol. The molecule has 0 spiro atoms. The second kappa shape index (κ2) is 8.99. The number of benzene rings is 1. The van der Waals surface area contributed by atoms with Crippen molar-refractivity contribution < 1.29 is 18.8 Å². The summed E-state index contributed by atoms with van der Waals surface area (Å²) in [7, 11) is 0. The minimum atomic E-state index is -0.910. The number of nitrogens with zero attached hydrogens (tertiary/aromatic N) is 3. The number of nitrogens with one attached hydrogen (secondary N) is 2. The van der Waals surface area contributed by atoms with Gasteiger partial charge in [-0.25, -0.2) is 14.8 Å². The lowest BCUT2D eigenvalue weighted by molar-refractivity contribution is -0.139. The van der Waals surface area contributed by atoms with Gasteiger partial charge in [0.1, 0.15) is 5.82 Å². The van der Waals surface area contributed by atoms with Gasteiger partial charge < -0.3 is 5.32 Å². The lowest BCUT2D eigenvalue weighted by Crippen LogP contribution is -2.41. The maximum atomic E-state index is 14.0. The van der Waals surface area contributed by atoms with Crippen molar-refractivity contribution >= 4 is 46.1 Å². The monoisotopic (exact) mass is 391 g/mol. The molecule has 3 amide bonds. The van der Waals surface area contributed by atoms with Gasteiger partial charge >= 0.3 is 11.8 Å². The lowest BCUT2D eigenvalue weighted by Gasteiger charge is -2.18. The molecule has 0 saturated carbocycles. The molecule has 8 nitrogen and oxygen atoms in total. The summed E-state index contributed by atoms with van der Waals surface area (Å²) < 4.78 is 14.0. The Morgan fingerprint density at radius 3 is 2.59 bits per heavy atom. The smallest absolute Gasteiger partial charge is 0.329 e. The molecule has 10 heteroatoms. The maximum Gasteiger partial charge on any atom is 0.329 e. The van der Waals surface area contributed by atoms with Gasteiger partial charge in [-0.2, -0.15) is 5.10 Å². The Morgan fingerprint density at radius 1 is 1.26 bits per heavy atom. The number of halogens is 1. The first-order chi connectivity index (χ1) is 12.8. The van der Waals surface area contributed by atoms with Crippen LogP contribution in [0.4, 0.5) is 15.2 Å². The van der Waals surface area contributed by atoms with Crippen molar-refractivity contribution in [2.24, 2.45) is 5.10 Å². The number of carbonyl (C=O) groups is 3.